The predicted octanol–water partition coefficient (Wildman–Crippen LogP) is 2.02. The SMILES string of the molecule is Cc1cc(C(O)C(C)N)cc(C(F)F)c1O. The number of aliphatic hydroxyl groups is 1. The van der Waals surface area contributed by atoms with Crippen LogP contribution in [0.5, 0.6) is 5.75 Å². The molecule has 1 aromatic rings. The molecule has 4 N–H and O–H groups in total. The molecule has 0 fully saturated rings. The van der Waals surface area contributed by atoms with Crippen LogP contribution in [0.1, 0.15) is 36.1 Å². The van der Waals surface area contributed by atoms with Gasteiger partial charge in [-0.3, -0.25) is 0 Å². The van der Waals surface area contributed by atoms with E-state index in [1.165, 1.54) is 13.0 Å². The van der Waals surface area contributed by atoms with E-state index in [1.54, 1.807) is 6.92 Å². The topological polar surface area (TPSA) is 66.5 Å². The highest BCUT2D eigenvalue weighted by Crippen LogP contribution is 2.34. The minimum absolute atomic E-state index is 0.292. The molecule has 0 amide bonds. The van der Waals surface area contributed by atoms with Gasteiger partial charge in [0, 0.05) is 6.04 Å². The van der Waals surface area contributed by atoms with Gasteiger partial charge in [0.25, 0.3) is 6.43 Å². The number of rotatable bonds is 3. The van der Waals surface area contributed by atoms with E-state index in [-0.39, 0.29) is 0 Å². The van der Waals surface area contributed by atoms with E-state index in [2.05, 4.69) is 0 Å². The fraction of sp³-hybridized carbons (Fsp3) is 0.455. The number of phenols is 1. The molecular weight excluding hydrogens is 216 g/mol. The number of halogens is 2. The van der Waals surface area contributed by atoms with Gasteiger partial charge in [0.1, 0.15) is 5.75 Å². The number of aryl methyl sites for hydroxylation is 1. The third-order valence-corrected chi connectivity index (χ3v) is 2.43. The van der Waals surface area contributed by atoms with Crippen molar-refractivity contribution in [3.8, 4) is 5.75 Å². The standard InChI is InChI=1S/C11H15F2NO2/c1-5-3-7(10(16)6(2)14)4-8(9(5)15)11(12)13/h3-4,6,10-11,15-16H,14H2,1-2H3. The maximum Gasteiger partial charge on any atom is 0.267 e. The summed E-state index contributed by atoms with van der Waals surface area (Å²) in [7, 11) is 0. The van der Waals surface area contributed by atoms with Crippen LogP contribution < -0.4 is 5.73 Å². The Morgan fingerprint density at radius 3 is 2.31 bits per heavy atom. The van der Waals surface area contributed by atoms with Gasteiger partial charge in [-0.2, -0.15) is 0 Å². The molecule has 0 saturated heterocycles. The molecule has 0 aliphatic carbocycles. The molecule has 90 valence electrons. The summed E-state index contributed by atoms with van der Waals surface area (Å²) in [5.74, 6) is -0.435. The summed E-state index contributed by atoms with van der Waals surface area (Å²) in [6.45, 7) is 3.08. The normalized spacial score (nSPS) is 15.2. The summed E-state index contributed by atoms with van der Waals surface area (Å²) < 4.78 is 25.2. The van der Waals surface area contributed by atoms with Crippen LogP contribution in [0, 0.1) is 6.92 Å². The van der Waals surface area contributed by atoms with Gasteiger partial charge in [0.2, 0.25) is 0 Å². The smallest absolute Gasteiger partial charge is 0.267 e. The molecule has 0 spiro atoms. The van der Waals surface area contributed by atoms with Gasteiger partial charge in [-0.25, -0.2) is 8.78 Å². The fourth-order valence-electron chi connectivity index (χ4n) is 1.48. The minimum atomic E-state index is -2.78. The minimum Gasteiger partial charge on any atom is -0.507 e. The number of phenolic OH excluding ortho intramolecular Hbond substituents is 1. The van der Waals surface area contributed by atoms with Crippen molar-refractivity contribution >= 4 is 0 Å². The van der Waals surface area contributed by atoms with Crippen LogP contribution in [0.4, 0.5) is 8.78 Å². The number of alkyl halides is 2. The molecule has 3 nitrogen and oxygen atoms in total. The predicted molar refractivity (Wildman–Crippen MR) is 56.4 cm³/mol. The lowest BCUT2D eigenvalue weighted by Crippen LogP contribution is -2.24. The first-order valence-corrected chi connectivity index (χ1v) is 4.89. The van der Waals surface area contributed by atoms with Crippen LogP contribution in [-0.2, 0) is 0 Å². The zero-order valence-electron chi connectivity index (χ0n) is 9.11. The molecule has 0 aromatic heterocycles. The number of nitrogens with two attached hydrogens (primary N) is 1. The molecule has 0 aliphatic heterocycles. The maximum absolute atomic E-state index is 12.6. The first-order valence-electron chi connectivity index (χ1n) is 4.89. The average Bonchev–Trinajstić information content (AvgIpc) is 2.20. The molecule has 0 saturated carbocycles. The average molecular weight is 231 g/mol. The zero-order chi connectivity index (χ0) is 12.5. The lowest BCUT2D eigenvalue weighted by Gasteiger charge is -2.17. The highest BCUT2D eigenvalue weighted by atomic mass is 19.3. The summed E-state index contributed by atoms with van der Waals surface area (Å²) in [5.41, 5.74) is 5.60. The Hall–Kier alpha value is -1.20. The first kappa shape index (κ1) is 12.9. The Morgan fingerprint density at radius 1 is 1.31 bits per heavy atom. The second-order valence-electron chi connectivity index (χ2n) is 3.88. The summed E-state index contributed by atoms with van der Waals surface area (Å²) in [6.07, 6.45) is -3.80. The van der Waals surface area contributed by atoms with Crippen molar-refractivity contribution in [2.24, 2.45) is 5.73 Å². The van der Waals surface area contributed by atoms with Crippen molar-refractivity contribution in [3.63, 3.8) is 0 Å². The van der Waals surface area contributed by atoms with Gasteiger partial charge in [-0.15, -0.1) is 0 Å². The number of hydrogen-bond acceptors (Lipinski definition) is 3. The Labute approximate surface area is 92.5 Å². The fourth-order valence-corrected chi connectivity index (χ4v) is 1.48. The monoisotopic (exact) mass is 231 g/mol. The molecule has 0 radical (unpaired) electrons. The largest absolute Gasteiger partial charge is 0.507 e. The molecule has 1 aromatic carbocycles. The number of hydrogen-bond donors (Lipinski definition) is 3. The Bertz CT molecular complexity index is 380. The van der Waals surface area contributed by atoms with Gasteiger partial charge in [0.05, 0.1) is 11.7 Å². The van der Waals surface area contributed by atoms with E-state index >= 15 is 0 Å². The second-order valence-corrected chi connectivity index (χ2v) is 3.88. The molecule has 2 atom stereocenters. The molecule has 0 bridgehead atoms. The van der Waals surface area contributed by atoms with E-state index in [1.807, 2.05) is 0 Å². The Balaban J connectivity index is 3.24. The van der Waals surface area contributed by atoms with E-state index < -0.39 is 29.9 Å². The van der Waals surface area contributed by atoms with E-state index in [0.29, 0.717) is 11.1 Å². The number of aromatic hydroxyl groups is 1. The molecular formula is C11H15F2NO2. The van der Waals surface area contributed by atoms with Gasteiger partial charge in [0.15, 0.2) is 0 Å². The summed E-state index contributed by atoms with van der Waals surface area (Å²) in [6, 6.07) is 1.98. The lowest BCUT2D eigenvalue weighted by atomic mass is 9.98. The summed E-state index contributed by atoms with van der Waals surface area (Å²) in [5, 5.41) is 19.1. The highest BCUT2D eigenvalue weighted by Gasteiger charge is 2.20. The number of benzene rings is 1. The van der Waals surface area contributed by atoms with Crippen molar-refractivity contribution in [1.82, 2.24) is 0 Å². The van der Waals surface area contributed by atoms with Crippen LogP contribution in [0.3, 0.4) is 0 Å². The lowest BCUT2D eigenvalue weighted by molar-refractivity contribution is 0.142. The van der Waals surface area contributed by atoms with Crippen LogP contribution in [0.15, 0.2) is 12.1 Å². The molecule has 16 heavy (non-hydrogen) atoms. The van der Waals surface area contributed by atoms with Crippen molar-refractivity contribution in [3.05, 3.63) is 28.8 Å². The van der Waals surface area contributed by atoms with E-state index in [4.69, 9.17) is 5.73 Å². The van der Waals surface area contributed by atoms with Crippen molar-refractivity contribution < 1.29 is 19.0 Å². The highest BCUT2D eigenvalue weighted by molar-refractivity contribution is 5.44. The molecule has 0 heterocycles. The van der Waals surface area contributed by atoms with Gasteiger partial charge >= 0.3 is 0 Å². The van der Waals surface area contributed by atoms with Crippen molar-refractivity contribution in [2.45, 2.75) is 32.4 Å². The second kappa shape index (κ2) is 4.76. The molecule has 1 rings (SSSR count). The van der Waals surface area contributed by atoms with Crippen LogP contribution >= 0.6 is 0 Å². The molecule has 0 aliphatic rings. The Kier molecular flexibility index (Phi) is 3.83. The van der Waals surface area contributed by atoms with Gasteiger partial charge in [-0.1, -0.05) is 0 Å². The third-order valence-electron chi connectivity index (χ3n) is 2.43. The van der Waals surface area contributed by atoms with Crippen LogP contribution in [0.2, 0.25) is 0 Å². The quantitative estimate of drug-likeness (QED) is 0.745. The first-order chi connectivity index (χ1) is 7.34. The van der Waals surface area contributed by atoms with E-state index in [9.17, 15) is 19.0 Å². The summed E-state index contributed by atoms with van der Waals surface area (Å²) >= 11 is 0. The van der Waals surface area contributed by atoms with Gasteiger partial charge in [-0.05, 0) is 37.1 Å². The zero-order valence-corrected chi connectivity index (χ0v) is 9.11. The molecule has 2 unspecified atom stereocenters. The van der Waals surface area contributed by atoms with Gasteiger partial charge < -0.3 is 15.9 Å². The van der Waals surface area contributed by atoms with Crippen molar-refractivity contribution in [2.75, 3.05) is 0 Å². The van der Waals surface area contributed by atoms with E-state index in [0.717, 1.165) is 6.07 Å². The summed E-state index contributed by atoms with van der Waals surface area (Å²) in [4.78, 5) is 0. The Morgan fingerprint density at radius 2 is 1.88 bits per heavy atom. The van der Waals surface area contributed by atoms with Crippen LogP contribution in [-0.4, -0.2) is 16.3 Å². The third kappa shape index (κ3) is 2.48. The number of aliphatic hydroxyl groups excluding tert-OH is 1. The molecule has 5 heteroatoms. The maximum atomic E-state index is 12.6. The van der Waals surface area contributed by atoms with Crippen LogP contribution in [0.25, 0.3) is 0 Å². The van der Waals surface area contributed by atoms with Crippen molar-refractivity contribution in [1.29, 1.82) is 0 Å².